The number of halogens is 1. The van der Waals surface area contributed by atoms with Crippen molar-refractivity contribution in [1.29, 1.82) is 0 Å². The topological polar surface area (TPSA) is 59.2 Å². The predicted octanol–water partition coefficient (Wildman–Crippen LogP) is 2.58. The first-order valence-corrected chi connectivity index (χ1v) is 7.83. The third kappa shape index (κ3) is 3.93. The Morgan fingerprint density at radius 1 is 1.22 bits per heavy atom. The van der Waals surface area contributed by atoms with Crippen molar-refractivity contribution in [3.63, 3.8) is 0 Å². The van der Waals surface area contributed by atoms with Crippen LogP contribution in [0.1, 0.15) is 18.4 Å². The molecular weight excluding hydrogens is 293 g/mol. The molecule has 5 heteroatoms. The number of likely N-dealkylation sites (tertiary alicyclic amines) is 1. The molecular formula is C18H20FN3O. The monoisotopic (exact) mass is 313 g/mol. The van der Waals surface area contributed by atoms with Crippen molar-refractivity contribution in [3.8, 4) is 11.1 Å². The molecule has 1 aliphatic heterocycles. The Hall–Kier alpha value is -2.27. The number of pyridine rings is 1. The summed E-state index contributed by atoms with van der Waals surface area (Å²) in [6, 6.07) is 8.57. The normalized spacial score (nSPS) is 16.4. The Balaban J connectivity index is 1.68. The van der Waals surface area contributed by atoms with Gasteiger partial charge in [-0.2, -0.15) is 0 Å². The molecule has 0 atom stereocenters. The summed E-state index contributed by atoms with van der Waals surface area (Å²) in [7, 11) is 0. The van der Waals surface area contributed by atoms with E-state index in [0.29, 0.717) is 0 Å². The number of carbonyl (C=O) groups is 1. The molecule has 120 valence electrons. The standard InChI is InChI=1S/C18H20FN3O/c19-17-3-1-2-15(9-17)16-8-13(10-21-11-16)12-22-6-4-14(5-7-22)18(20)23/h1-3,8-11,14H,4-7,12H2,(H2,20,23). The van der Waals surface area contributed by atoms with Gasteiger partial charge < -0.3 is 5.73 Å². The van der Waals surface area contributed by atoms with Crippen LogP contribution in [0.15, 0.2) is 42.7 Å². The second-order valence-electron chi connectivity index (χ2n) is 6.05. The summed E-state index contributed by atoms with van der Waals surface area (Å²) in [5, 5.41) is 0. The number of hydrogen-bond acceptors (Lipinski definition) is 3. The minimum atomic E-state index is -0.249. The number of nitrogens with zero attached hydrogens (tertiary/aromatic N) is 2. The molecule has 0 aliphatic carbocycles. The number of hydrogen-bond donors (Lipinski definition) is 1. The zero-order valence-electron chi connectivity index (χ0n) is 12.9. The first-order chi connectivity index (χ1) is 11.1. The fourth-order valence-corrected chi connectivity index (χ4v) is 3.03. The average molecular weight is 313 g/mol. The van der Waals surface area contributed by atoms with Crippen LogP contribution in [0.25, 0.3) is 11.1 Å². The number of rotatable bonds is 4. The lowest BCUT2D eigenvalue weighted by Gasteiger charge is -2.30. The molecule has 2 heterocycles. The third-order valence-corrected chi connectivity index (χ3v) is 4.35. The summed E-state index contributed by atoms with van der Waals surface area (Å²) in [5.74, 6) is -0.441. The highest BCUT2D eigenvalue weighted by Gasteiger charge is 2.23. The van der Waals surface area contributed by atoms with Gasteiger partial charge in [0.25, 0.3) is 0 Å². The smallest absolute Gasteiger partial charge is 0.220 e. The summed E-state index contributed by atoms with van der Waals surface area (Å²) >= 11 is 0. The second-order valence-corrected chi connectivity index (χ2v) is 6.05. The van der Waals surface area contributed by atoms with Crippen molar-refractivity contribution in [2.24, 2.45) is 11.7 Å². The van der Waals surface area contributed by atoms with E-state index in [2.05, 4.69) is 9.88 Å². The Kier molecular flexibility index (Phi) is 4.67. The largest absolute Gasteiger partial charge is 0.369 e. The average Bonchev–Trinajstić information content (AvgIpc) is 2.56. The molecule has 2 N–H and O–H groups in total. The van der Waals surface area contributed by atoms with E-state index in [0.717, 1.165) is 49.2 Å². The van der Waals surface area contributed by atoms with Crippen molar-refractivity contribution in [1.82, 2.24) is 9.88 Å². The van der Waals surface area contributed by atoms with E-state index in [1.807, 2.05) is 18.3 Å². The van der Waals surface area contributed by atoms with Crippen LogP contribution in [0, 0.1) is 11.7 Å². The number of benzene rings is 1. The number of piperidine rings is 1. The first kappa shape index (κ1) is 15.6. The van der Waals surface area contributed by atoms with Crippen molar-refractivity contribution in [2.75, 3.05) is 13.1 Å². The fourth-order valence-electron chi connectivity index (χ4n) is 3.03. The van der Waals surface area contributed by atoms with Gasteiger partial charge in [0.2, 0.25) is 5.91 Å². The summed E-state index contributed by atoms with van der Waals surface area (Å²) in [4.78, 5) is 17.8. The molecule has 4 nitrogen and oxygen atoms in total. The van der Waals surface area contributed by atoms with Gasteiger partial charge in [-0.25, -0.2) is 4.39 Å². The van der Waals surface area contributed by atoms with Gasteiger partial charge in [0.1, 0.15) is 5.82 Å². The number of nitrogens with two attached hydrogens (primary N) is 1. The summed E-state index contributed by atoms with van der Waals surface area (Å²) in [6.07, 6.45) is 5.21. The van der Waals surface area contributed by atoms with E-state index >= 15 is 0 Å². The third-order valence-electron chi connectivity index (χ3n) is 4.35. The van der Waals surface area contributed by atoms with Gasteiger partial charge in [-0.15, -0.1) is 0 Å². The fraction of sp³-hybridized carbons (Fsp3) is 0.333. The SMILES string of the molecule is NC(=O)C1CCN(Cc2cncc(-c3cccc(F)c3)c2)CC1. The van der Waals surface area contributed by atoms with Crippen molar-refractivity contribution in [2.45, 2.75) is 19.4 Å². The van der Waals surface area contributed by atoms with Crippen molar-refractivity contribution in [3.05, 3.63) is 54.1 Å². The first-order valence-electron chi connectivity index (χ1n) is 7.83. The Morgan fingerprint density at radius 2 is 2.00 bits per heavy atom. The van der Waals surface area contributed by atoms with Crippen LogP contribution in [0.2, 0.25) is 0 Å². The van der Waals surface area contributed by atoms with Gasteiger partial charge >= 0.3 is 0 Å². The molecule has 0 unspecified atom stereocenters. The van der Waals surface area contributed by atoms with Gasteiger partial charge in [0, 0.05) is 30.4 Å². The molecule has 1 fully saturated rings. The number of amides is 1. The maximum absolute atomic E-state index is 13.4. The second kappa shape index (κ2) is 6.87. The van der Waals surface area contributed by atoms with Crippen LogP contribution in [-0.2, 0) is 11.3 Å². The molecule has 0 bridgehead atoms. The zero-order chi connectivity index (χ0) is 16.2. The Bertz CT molecular complexity index is 696. The molecule has 0 radical (unpaired) electrons. The van der Waals surface area contributed by atoms with Crippen LogP contribution in [0.5, 0.6) is 0 Å². The number of aromatic nitrogens is 1. The Labute approximate surface area is 135 Å². The molecule has 1 aromatic carbocycles. The van der Waals surface area contributed by atoms with E-state index in [-0.39, 0.29) is 17.6 Å². The van der Waals surface area contributed by atoms with Crippen LogP contribution in [-0.4, -0.2) is 28.9 Å². The molecule has 23 heavy (non-hydrogen) atoms. The minimum absolute atomic E-state index is 0.00278. The van der Waals surface area contributed by atoms with E-state index in [1.54, 1.807) is 12.3 Å². The summed E-state index contributed by atoms with van der Waals surface area (Å²) < 4.78 is 13.4. The molecule has 1 aliphatic rings. The number of primary amides is 1. The van der Waals surface area contributed by atoms with Gasteiger partial charge in [0.05, 0.1) is 0 Å². The molecule has 1 saturated heterocycles. The van der Waals surface area contributed by atoms with Gasteiger partial charge in [-0.3, -0.25) is 14.7 Å². The molecule has 0 saturated carbocycles. The predicted molar refractivity (Wildman–Crippen MR) is 86.8 cm³/mol. The van der Waals surface area contributed by atoms with Crippen LogP contribution in [0.4, 0.5) is 4.39 Å². The van der Waals surface area contributed by atoms with E-state index in [1.165, 1.54) is 12.1 Å². The molecule has 1 aromatic heterocycles. The van der Waals surface area contributed by atoms with E-state index in [9.17, 15) is 9.18 Å². The zero-order valence-corrected chi connectivity index (χ0v) is 12.9. The van der Waals surface area contributed by atoms with Crippen molar-refractivity contribution < 1.29 is 9.18 Å². The van der Waals surface area contributed by atoms with Crippen LogP contribution < -0.4 is 5.73 Å². The maximum Gasteiger partial charge on any atom is 0.220 e. The van der Waals surface area contributed by atoms with Gasteiger partial charge in [-0.1, -0.05) is 12.1 Å². The molecule has 1 amide bonds. The molecule has 3 rings (SSSR count). The quantitative estimate of drug-likeness (QED) is 0.944. The van der Waals surface area contributed by atoms with Crippen molar-refractivity contribution >= 4 is 5.91 Å². The Morgan fingerprint density at radius 3 is 2.70 bits per heavy atom. The summed E-state index contributed by atoms with van der Waals surface area (Å²) in [6.45, 7) is 2.50. The number of carbonyl (C=O) groups excluding carboxylic acids is 1. The van der Waals surface area contributed by atoms with E-state index < -0.39 is 0 Å². The lowest BCUT2D eigenvalue weighted by atomic mass is 9.96. The minimum Gasteiger partial charge on any atom is -0.369 e. The highest BCUT2D eigenvalue weighted by molar-refractivity contribution is 5.76. The lowest BCUT2D eigenvalue weighted by molar-refractivity contribution is -0.123. The van der Waals surface area contributed by atoms with E-state index in [4.69, 9.17) is 5.73 Å². The maximum atomic E-state index is 13.4. The highest BCUT2D eigenvalue weighted by Crippen LogP contribution is 2.22. The summed E-state index contributed by atoms with van der Waals surface area (Å²) in [5.41, 5.74) is 8.19. The van der Waals surface area contributed by atoms with Crippen LogP contribution in [0.3, 0.4) is 0 Å². The van der Waals surface area contributed by atoms with Gasteiger partial charge in [0.15, 0.2) is 0 Å². The highest BCUT2D eigenvalue weighted by atomic mass is 19.1. The molecule has 0 spiro atoms. The lowest BCUT2D eigenvalue weighted by Crippen LogP contribution is -2.38. The van der Waals surface area contributed by atoms with Gasteiger partial charge in [-0.05, 0) is 55.3 Å². The van der Waals surface area contributed by atoms with Crippen LogP contribution >= 0.6 is 0 Å². The molecule has 2 aromatic rings.